The van der Waals surface area contributed by atoms with E-state index in [0.29, 0.717) is 11.8 Å². The second kappa shape index (κ2) is 4.21. The minimum Gasteiger partial charge on any atom is -0.337 e. The molecule has 3 unspecified atom stereocenters. The lowest BCUT2D eigenvalue weighted by Gasteiger charge is -2.28. The highest BCUT2D eigenvalue weighted by Gasteiger charge is 2.43. The van der Waals surface area contributed by atoms with Gasteiger partial charge in [0, 0.05) is 13.1 Å². The van der Waals surface area contributed by atoms with E-state index in [1.807, 2.05) is 4.90 Å². The Labute approximate surface area is 96.9 Å². The maximum Gasteiger partial charge on any atom is 0.240 e. The normalized spacial score (nSPS) is 37.8. The standard InChI is InChI=1S/C13H20N2O/c16-13(15-7-2-1-3-8-15)12-11-6-4-5-10(11)9-14-12/h1-2,10-12,14H,3-9H2. The number of amides is 1. The van der Waals surface area contributed by atoms with Crippen LogP contribution in [0.4, 0.5) is 0 Å². The average molecular weight is 220 g/mol. The lowest BCUT2D eigenvalue weighted by molar-refractivity contribution is -0.133. The summed E-state index contributed by atoms with van der Waals surface area (Å²) in [7, 11) is 0. The van der Waals surface area contributed by atoms with E-state index in [2.05, 4.69) is 17.5 Å². The van der Waals surface area contributed by atoms with Crippen molar-refractivity contribution in [3.63, 3.8) is 0 Å². The molecule has 3 atom stereocenters. The van der Waals surface area contributed by atoms with Crippen molar-refractivity contribution in [2.45, 2.75) is 31.7 Å². The fraction of sp³-hybridized carbons (Fsp3) is 0.769. The van der Waals surface area contributed by atoms with Crippen LogP contribution in [0.2, 0.25) is 0 Å². The first-order valence-corrected chi connectivity index (χ1v) is 6.53. The van der Waals surface area contributed by atoms with Crippen molar-refractivity contribution in [2.75, 3.05) is 19.6 Å². The molecule has 0 spiro atoms. The van der Waals surface area contributed by atoms with E-state index in [4.69, 9.17) is 0 Å². The summed E-state index contributed by atoms with van der Waals surface area (Å²) in [6.45, 7) is 2.78. The lowest BCUT2D eigenvalue weighted by Crippen LogP contribution is -2.47. The number of rotatable bonds is 1. The van der Waals surface area contributed by atoms with Gasteiger partial charge in [0.25, 0.3) is 0 Å². The van der Waals surface area contributed by atoms with Gasteiger partial charge in [-0.2, -0.15) is 0 Å². The highest BCUT2D eigenvalue weighted by molar-refractivity contribution is 5.83. The Kier molecular flexibility index (Phi) is 2.72. The largest absolute Gasteiger partial charge is 0.337 e. The molecule has 0 aromatic rings. The SMILES string of the molecule is O=C(C1NCC2CCCC21)N1CC=CCC1. The molecule has 2 heterocycles. The van der Waals surface area contributed by atoms with Gasteiger partial charge in [-0.05, 0) is 37.6 Å². The minimum absolute atomic E-state index is 0.124. The van der Waals surface area contributed by atoms with Gasteiger partial charge >= 0.3 is 0 Å². The maximum atomic E-state index is 12.4. The van der Waals surface area contributed by atoms with Gasteiger partial charge in [0.1, 0.15) is 0 Å². The molecule has 0 aromatic heterocycles. The second-order valence-corrected chi connectivity index (χ2v) is 5.29. The van der Waals surface area contributed by atoms with Gasteiger partial charge in [-0.15, -0.1) is 0 Å². The highest BCUT2D eigenvalue weighted by Crippen LogP contribution is 2.38. The van der Waals surface area contributed by atoms with Crippen LogP contribution in [0.25, 0.3) is 0 Å². The van der Waals surface area contributed by atoms with E-state index < -0.39 is 0 Å². The molecule has 1 N–H and O–H groups in total. The third kappa shape index (κ3) is 1.67. The Morgan fingerprint density at radius 1 is 1.31 bits per heavy atom. The number of hydrogen-bond donors (Lipinski definition) is 1. The van der Waals surface area contributed by atoms with Gasteiger partial charge in [0.05, 0.1) is 6.04 Å². The predicted molar refractivity (Wildman–Crippen MR) is 63.0 cm³/mol. The van der Waals surface area contributed by atoms with Crippen molar-refractivity contribution < 1.29 is 4.79 Å². The van der Waals surface area contributed by atoms with Gasteiger partial charge in [-0.25, -0.2) is 0 Å². The van der Waals surface area contributed by atoms with E-state index in [9.17, 15) is 4.79 Å². The van der Waals surface area contributed by atoms with Crippen molar-refractivity contribution in [3.05, 3.63) is 12.2 Å². The Morgan fingerprint density at radius 3 is 3.06 bits per heavy atom. The molecule has 3 aliphatic rings. The molecule has 0 bridgehead atoms. The summed E-state index contributed by atoms with van der Waals surface area (Å²) < 4.78 is 0. The maximum absolute atomic E-state index is 12.4. The number of nitrogens with zero attached hydrogens (tertiary/aromatic N) is 1. The molecule has 0 aromatic carbocycles. The molecule has 2 aliphatic heterocycles. The van der Waals surface area contributed by atoms with Crippen LogP contribution in [0.1, 0.15) is 25.7 Å². The van der Waals surface area contributed by atoms with Gasteiger partial charge in [0.2, 0.25) is 5.91 Å². The average Bonchev–Trinajstić information content (AvgIpc) is 2.91. The first kappa shape index (κ1) is 10.3. The van der Waals surface area contributed by atoms with Crippen LogP contribution in [0, 0.1) is 11.8 Å². The molecule has 3 heteroatoms. The zero-order valence-electron chi connectivity index (χ0n) is 9.69. The summed E-state index contributed by atoms with van der Waals surface area (Å²) in [6, 6.07) is 0.124. The molecule has 0 radical (unpaired) electrons. The van der Waals surface area contributed by atoms with Crippen LogP contribution >= 0.6 is 0 Å². The van der Waals surface area contributed by atoms with Crippen LogP contribution < -0.4 is 5.32 Å². The quantitative estimate of drug-likeness (QED) is 0.673. The third-order valence-corrected chi connectivity index (χ3v) is 4.38. The molecular formula is C13H20N2O. The van der Waals surface area contributed by atoms with Crippen LogP contribution in [-0.4, -0.2) is 36.5 Å². The van der Waals surface area contributed by atoms with Crippen molar-refractivity contribution >= 4 is 5.91 Å². The van der Waals surface area contributed by atoms with Gasteiger partial charge in [-0.3, -0.25) is 4.79 Å². The monoisotopic (exact) mass is 220 g/mol. The van der Waals surface area contributed by atoms with Crippen molar-refractivity contribution in [2.24, 2.45) is 11.8 Å². The van der Waals surface area contributed by atoms with Crippen LogP contribution in [0.5, 0.6) is 0 Å². The number of nitrogens with one attached hydrogen (secondary N) is 1. The van der Waals surface area contributed by atoms with E-state index in [-0.39, 0.29) is 6.04 Å². The first-order chi connectivity index (χ1) is 7.86. The van der Waals surface area contributed by atoms with Gasteiger partial charge < -0.3 is 10.2 Å². The van der Waals surface area contributed by atoms with Crippen LogP contribution in [0.3, 0.4) is 0 Å². The Balaban J connectivity index is 1.68. The fourth-order valence-electron chi connectivity index (χ4n) is 3.50. The molecule has 3 nitrogen and oxygen atoms in total. The van der Waals surface area contributed by atoms with E-state index in [1.54, 1.807) is 0 Å². The molecule has 1 amide bonds. The first-order valence-electron chi connectivity index (χ1n) is 6.53. The highest BCUT2D eigenvalue weighted by atomic mass is 16.2. The summed E-state index contributed by atoms with van der Waals surface area (Å²) in [6.07, 6.45) is 9.19. The van der Waals surface area contributed by atoms with Gasteiger partial charge in [-0.1, -0.05) is 18.6 Å². The molecule has 1 aliphatic carbocycles. The van der Waals surface area contributed by atoms with Crippen molar-refractivity contribution in [1.29, 1.82) is 0 Å². The zero-order valence-corrected chi connectivity index (χ0v) is 9.69. The third-order valence-electron chi connectivity index (χ3n) is 4.38. The summed E-state index contributed by atoms with van der Waals surface area (Å²) in [5.41, 5.74) is 0. The number of fused-ring (bicyclic) bond motifs is 1. The Morgan fingerprint density at radius 2 is 2.25 bits per heavy atom. The number of hydrogen-bond acceptors (Lipinski definition) is 2. The smallest absolute Gasteiger partial charge is 0.240 e. The molecule has 2 fully saturated rings. The molecular weight excluding hydrogens is 200 g/mol. The van der Waals surface area contributed by atoms with Gasteiger partial charge in [0.15, 0.2) is 0 Å². The summed E-state index contributed by atoms with van der Waals surface area (Å²) in [5, 5.41) is 3.44. The molecule has 16 heavy (non-hydrogen) atoms. The summed E-state index contributed by atoms with van der Waals surface area (Å²) in [5.74, 6) is 1.74. The summed E-state index contributed by atoms with van der Waals surface area (Å²) >= 11 is 0. The molecule has 1 saturated heterocycles. The zero-order chi connectivity index (χ0) is 11.0. The Hall–Kier alpha value is -0.830. The molecule has 1 saturated carbocycles. The Bertz CT molecular complexity index is 313. The van der Waals surface area contributed by atoms with E-state index >= 15 is 0 Å². The number of carbonyl (C=O) groups is 1. The van der Waals surface area contributed by atoms with Crippen molar-refractivity contribution in [1.82, 2.24) is 10.2 Å². The number of carbonyl (C=O) groups excluding carboxylic acids is 1. The lowest BCUT2D eigenvalue weighted by atomic mass is 9.93. The molecule has 88 valence electrons. The summed E-state index contributed by atoms with van der Waals surface area (Å²) in [4.78, 5) is 14.4. The topological polar surface area (TPSA) is 32.3 Å². The second-order valence-electron chi connectivity index (χ2n) is 5.29. The fourth-order valence-corrected chi connectivity index (χ4v) is 3.50. The minimum atomic E-state index is 0.124. The van der Waals surface area contributed by atoms with Crippen molar-refractivity contribution in [3.8, 4) is 0 Å². The van der Waals surface area contributed by atoms with Crippen LogP contribution in [-0.2, 0) is 4.79 Å². The van der Waals surface area contributed by atoms with E-state index in [1.165, 1.54) is 19.3 Å². The van der Waals surface area contributed by atoms with Crippen LogP contribution in [0.15, 0.2) is 12.2 Å². The molecule has 3 rings (SSSR count). The predicted octanol–water partition coefficient (Wildman–Crippen LogP) is 1.16. The van der Waals surface area contributed by atoms with E-state index in [0.717, 1.165) is 32.0 Å².